The van der Waals surface area contributed by atoms with Crippen molar-refractivity contribution in [3.8, 4) is 0 Å². The largest absolute Gasteiger partial charge is 0.354 e. The number of pyridine rings is 1. The highest BCUT2D eigenvalue weighted by Crippen LogP contribution is 2.01. The summed E-state index contributed by atoms with van der Waals surface area (Å²) in [5, 5.41) is 6.96. The number of carbonyl (C=O) groups excluding carboxylic acids is 1. The van der Waals surface area contributed by atoms with Crippen LogP contribution in [-0.2, 0) is 17.8 Å². The normalized spacial score (nSPS) is 10.8. The van der Waals surface area contributed by atoms with Gasteiger partial charge in [0.1, 0.15) is 6.54 Å². The van der Waals surface area contributed by atoms with Gasteiger partial charge in [-0.15, -0.1) is 5.10 Å². The molecule has 0 unspecified atom stereocenters. The van der Waals surface area contributed by atoms with E-state index in [1.54, 1.807) is 24.4 Å². The molecule has 0 fully saturated rings. The second kappa shape index (κ2) is 6.91. The van der Waals surface area contributed by atoms with Crippen molar-refractivity contribution < 1.29 is 4.79 Å². The standard InChI is InChI=1S/C17H18N4O2/c22-16(18-11-6-9-14-7-2-1-3-8-14)13-21-17(23)20-12-5-4-10-15(20)19-21/h1-5,7-8,10,12H,6,9,11,13H2,(H,18,22). The van der Waals surface area contributed by atoms with Crippen LogP contribution in [-0.4, -0.2) is 26.6 Å². The summed E-state index contributed by atoms with van der Waals surface area (Å²) in [5.41, 5.74) is 1.48. The number of aromatic nitrogens is 3. The molecule has 2 heterocycles. The quantitative estimate of drug-likeness (QED) is 0.697. The van der Waals surface area contributed by atoms with Crippen molar-refractivity contribution in [2.24, 2.45) is 0 Å². The first-order valence-corrected chi connectivity index (χ1v) is 7.59. The summed E-state index contributed by atoms with van der Waals surface area (Å²) in [7, 11) is 0. The fourth-order valence-corrected chi connectivity index (χ4v) is 2.43. The van der Waals surface area contributed by atoms with Gasteiger partial charge in [0, 0.05) is 12.7 Å². The Kier molecular flexibility index (Phi) is 4.52. The first-order chi connectivity index (χ1) is 11.2. The molecule has 0 spiro atoms. The lowest BCUT2D eigenvalue weighted by Gasteiger charge is -2.05. The monoisotopic (exact) mass is 310 g/mol. The number of fused-ring (bicyclic) bond motifs is 1. The Labute approximate surface area is 133 Å². The second-order valence-electron chi connectivity index (χ2n) is 5.31. The fraction of sp³-hybridized carbons (Fsp3) is 0.235. The van der Waals surface area contributed by atoms with Crippen LogP contribution in [0.25, 0.3) is 5.65 Å². The van der Waals surface area contributed by atoms with Gasteiger partial charge in [-0.2, -0.15) is 0 Å². The molecule has 0 atom stereocenters. The molecule has 0 aliphatic rings. The first-order valence-electron chi connectivity index (χ1n) is 7.59. The predicted molar refractivity (Wildman–Crippen MR) is 87.2 cm³/mol. The molecule has 0 saturated heterocycles. The van der Waals surface area contributed by atoms with Crippen LogP contribution in [0.2, 0.25) is 0 Å². The van der Waals surface area contributed by atoms with Gasteiger partial charge in [-0.25, -0.2) is 9.48 Å². The molecule has 1 N–H and O–H groups in total. The topological polar surface area (TPSA) is 68.4 Å². The summed E-state index contributed by atoms with van der Waals surface area (Å²) in [6, 6.07) is 15.4. The van der Waals surface area contributed by atoms with Crippen LogP contribution in [0.5, 0.6) is 0 Å². The third-order valence-electron chi connectivity index (χ3n) is 3.59. The number of benzene rings is 1. The molecule has 1 aromatic carbocycles. The second-order valence-corrected chi connectivity index (χ2v) is 5.31. The minimum absolute atomic E-state index is 0.0636. The lowest BCUT2D eigenvalue weighted by molar-refractivity contribution is -0.121. The molecule has 0 radical (unpaired) electrons. The molecular formula is C17H18N4O2. The number of nitrogens with zero attached hydrogens (tertiary/aromatic N) is 3. The van der Waals surface area contributed by atoms with Gasteiger partial charge in [0.2, 0.25) is 5.91 Å². The maximum atomic E-state index is 12.1. The summed E-state index contributed by atoms with van der Waals surface area (Å²) in [6.45, 7) is 0.516. The van der Waals surface area contributed by atoms with E-state index < -0.39 is 0 Å². The van der Waals surface area contributed by atoms with Crippen LogP contribution in [0.15, 0.2) is 59.5 Å². The number of aryl methyl sites for hydroxylation is 1. The molecule has 1 amide bonds. The Morgan fingerprint density at radius 2 is 1.87 bits per heavy atom. The molecule has 0 aliphatic heterocycles. The Balaban J connectivity index is 1.51. The van der Waals surface area contributed by atoms with Crippen molar-refractivity contribution in [1.82, 2.24) is 19.5 Å². The van der Waals surface area contributed by atoms with Crippen LogP contribution in [0, 0.1) is 0 Å². The van der Waals surface area contributed by atoms with Gasteiger partial charge in [0.15, 0.2) is 5.65 Å². The van der Waals surface area contributed by atoms with E-state index in [0.717, 1.165) is 12.8 Å². The Hall–Kier alpha value is -2.89. The van der Waals surface area contributed by atoms with Gasteiger partial charge in [0.05, 0.1) is 0 Å². The lowest BCUT2D eigenvalue weighted by Crippen LogP contribution is -2.33. The smallest absolute Gasteiger partial charge is 0.350 e. The van der Waals surface area contributed by atoms with E-state index in [1.807, 2.05) is 18.2 Å². The van der Waals surface area contributed by atoms with Gasteiger partial charge in [-0.1, -0.05) is 36.4 Å². The van der Waals surface area contributed by atoms with E-state index in [-0.39, 0.29) is 18.1 Å². The van der Waals surface area contributed by atoms with E-state index in [9.17, 15) is 9.59 Å². The van der Waals surface area contributed by atoms with Crippen LogP contribution in [0.1, 0.15) is 12.0 Å². The minimum atomic E-state index is -0.306. The molecule has 3 aromatic rings. The maximum absolute atomic E-state index is 12.1. The molecule has 6 nitrogen and oxygen atoms in total. The SMILES string of the molecule is O=C(Cn1nc2ccccn2c1=O)NCCCc1ccccc1. The average molecular weight is 310 g/mol. The van der Waals surface area contributed by atoms with Crippen molar-refractivity contribution in [2.45, 2.75) is 19.4 Å². The highest BCUT2D eigenvalue weighted by atomic mass is 16.2. The van der Waals surface area contributed by atoms with E-state index in [0.29, 0.717) is 12.2 Å². The molecule has 6 heteroatoms. The zero-order valence-corrected chi connectivity index (χ0v) is 12.7. The highest BCUT2D eigenvalue weighted by molar-refractivity contribution is 5.75. The van der Waals surface area contributed by atoms with Crippen molar-refractivity contribution >= 4 is 11.6 Å². The summed E-state index contributed by atoms with van der Waals surface area (Å²) in [6.07, 6.45) is 3.41. The number of hydrogen-bond acceptors (Lipinski definition) is 3. The van der Waals surface area contributed by atoms with Crippen LogP contribution < -0.4 is 11.0 Å². The van der Waals surface area contributed by atoms with E-state index in [4.69, 9.17) is 0 Å². The van der Waals surface area contributed by atoms with Gasteiger partial charge < -0.3 is 5.32 Å². The fourth-order valence-electron chi connectivity index (χ4n) is 2.43. The minimum Gasteiger partial charge on any atom is -0.354 e. The summed E-state index contributed by atoms with van der Waals surface area (Å²) in [5.74, 6) is -0.205. The zero-order chi connectivity index (χ0) is 16.1. The summed E-state index contributed by atoms with van der Waals surface area (Å²) >= 11 is 0. The Morgan fingerprint density at radius 3 is 2.65 bits per heavy atom. The molecule has 23 heavy (non-hydrogen) atoms. The molecular weight excluding hydrogens is 292 g/mol. The van der Waals surface area contributed by atoms with Gasteiger partial charge >= 0.3 is 5.69 Å². The van der Waals surface area contributed by atoms with E-state index >= 15 is 0 Å². The van der Waals surface area contributed by atoms with E-state index in [1.165, 1.54) is 14.6 Å². The predicted octanol–water partition coefficient (Wildman–Crippen LogP) is 1.24. The number of carbonyl (C=O) groups is 1. The third kappa shape index (κ3) is 3.66. The molecule has 2 aromatic heterocycles. The van der Waals surface area contributed by atoms with Crippen LogP contribution >= 0.6 is 0 Å². The summed E-state index contributed by atoms with van der Waals surface area (Å²) < 4.78 is 2.60. The molecule has 0 saturated carbocycles. The number of rotatable bonds is 6. The maximum Gasteiger partial charge on any atom is 0.350 e. The number of nitrogens with one attached hydrogen (secondary N) is 1. The average Bonchev–Trinajstić information content (AvgIpc) is 2.89. The zero-order valence-electron chi connectivity index (χ0n) is 12.7. The molecule has 118 valence electrons. The Bertz CT molecular complexity index is 852. The van der Waals surface area contributed by atoms with Crippen LogP contribution in [0.3, 0.4) is 0 Å². The molecule has 3 rings (SSSR count). The first kappa shape index (κ1) is 15.0. The lowest BCUT2D eigenvalue weighted by atomic mass is 10.1. The van der Waals surface area contributed by atoms with E-state index in [2.05, 4.69) is 22.5 Å². The Morgan fingerprint density at radius 1 is 1.09 bits per heavy atom. The number of hydrogen-bond donors (Lipinski definition) is 1. The molecule has 0 bridgehead atoms. The van der Waals surface area contributed by atoms with Crippen molar-refractivity contribution in [3.05, 3.63) is 70.8 Å². The van der Waals surface area contributed by atoms with Gasteiger partial charge in [0.25, 0.3) is 0 Å². The van der Waals surface area contributed by atoms with Crippen molar-refractivity contribution in [3.63, 3.8) is 0 Å². The number of amides is 1. The third-order valence-corrected chi connectivity index (χ3v) is 3.59. The van der Waals surface area contributed by atoms with Crippen LogP contribution in [0.4, 0.5) is 0 Å². The van der Waals surface area contributed by atoms with Gasteiger partial charge in [-0.3, -0.25) is 9.20 Å². The molecule has 0 aliphatic carbocycles. The van der Waals surface area contributed by atoms with Crippen molar-refractivity contribution in [1.29, 1.82) is 0 Å². The summed E-state index contributed by atoms with van der Waals surface area (Å²) in [4.78, 5) is 24.0. The highest BCUT2D eigenvalue weighted by Gasteiger charge is 2.09. The van der Waals surface area contributed by atoms with Gasteiger partial charge in [-0.05, 0) is 30.5 Å². The van der Waals surface area contributed by atoms with Crippen molar-refractivity contribution in [2.75, 3.05) is 6.54 Å².